The van der Waals surface area contributed by atoms with E-state index in [0.29, 0.717) is 0 Å². The van der Waals surface area contributed by atoms with Crippen molar-refractivity contribution in [1.29, 1.82) is 0 Å². The third-order valence-electron chi connectivity index (χ3n) is 1.18. The zero-order valence-electron chi connectivity index (χ0n) is 6.79. The number of rotatable bonds is 6. The van der Waals surface area contributed by atoms with E-state index in [2.05, 4.69) is 11.1 Å². The highest BCUT2D eigenvalue weighted by molar-refractivity contribution is 7.46. The Bertz CT molecular complexity index is 231. The summed E-state index contributed by atoms with van der Waals surface area (Å²) in [5.41, 5.74) is 0. The summed E-state index contributed by atoms with van der Waals surface area (Å²) in [6.07, 6.45) is -0.554. The molecule has 0 saturated carbocycles. The van der Waals surface area contributed by atoms with Crippen molar-refractivity contribution < 1.29 is 28.8 Å². The number of hydrogen-bond donors (Lipinski definition) is 3. The SMILES string of the molecule is C=CC(=O)C(O)CCOP(=O)(O)O. The van der Waals surface area contributed by atoms with Crippen LogP contribution in [-0.2, 0) is 13.9 Å². The molecule has 0 spiro atoms. The maximum atomic E-state index is 10.6. The molecule has 0 heterocycles. The number of carbonyl (C=O) groups is 1. The fourth-order valence-corrected chi connectivity index (χ4v) is 0.905. The molecule has 0 aromatic carbocycles. The molecule has 0 aromatic rings. The van der Waals surface area contributed by atoms with Crippen molar-refractivity contribution in [2.24, 2.45) is 0 Å². The van der Waals surface area contributed by atoms with Crippen molar-refractivity contribution in [1.82, 2.24) is 0 Å². The highest BCUT2D eigenvalue weighted by atomic mass is 31.2. The molecule has 13 heavy (non-hydrogen) atoms. The van der Waals surface area contributed by atoms with Crippen LogP contribution >= 0.6 is 7.82 Å². The maximum Gasteiger partial charge on any atom is 0.469 e. The lowest BCUT2D eigenvalue weighted by Gasteiger charge is -2.07. The predicted molar refractivity (Wildman–Crippen MR) is 43.8 cm³/mol. The Morgan fingerprint density at radius 3 is 2.54 bits per heavy atom. The van der Waals surface area contributed by atoms with Gasteiger partial charge in [0.2, 0.25) is 0 Å². The van der Waals surface area contributed by atoms with Gasteiger partial charge in [-0.15, -0.1) is 0 Å². The fraction of sp³-hybridized carbons (Fsp3) is 0.500. The van der Waals surface area contributed by atoms with E-state index < -0.39 is 19.7 Å². The number of aliphatic hydroxyl groups is 1. The second-order valence-corrected chi connectivity index (χ2v) is 3.47. The summed E-state index contributed by atoms with van der Waals surface area (Å²) in [5.74, 6) is -0.602. The van der Waals surface area contributed by atoms with Gasteiger partial charge in [0.15, 0.2) is 5.78 Å². The lowest BCUT2D eigenvalue weighted by molar-refractivity contribution is -0.122. The molecular weight excluding hydrogens is 199 g/mol. The Morgan fingerprint density at radius 1 is 1.62 bits per heavy atom. The first-order valence-electron chi connectivity index (χ1n) is 3.41. The highest BCUT2D eigenvalue weighted by Crippen LogP contribution is 2.35. The van der Waals surface area contributed by atoms with E-state index in [-0.39, 0.29) is 13.0 Å². The van der Waals surface area contributed by atoms with Crippen LogP contribution in [-0.4, -0.2) is 33.4 Å². The van der Waals surface area contributed by atoms with Gasteiger partial charge in [-0.3, -0.25) is 9.32 Å². The summed E-state index contributed by atoms with van der Waals surface area (Å²) in [4.78, 5) is 27.1. The van der Waals surface area contributed by atoms with Gasteiger partial charge in [0.1, 0.15) is 6.10 Å². The van der Waals surface area contributed by atoms with Crippen molar-refractivity contribution in [2.45, 2.75) is 12.5 Å². The molecule has 0 saturated heterocycles. The molecule has 0 aliphatic rings. The summed E-state index contributed by atoms with van der Waals surface area (Å²) >= 11 is 0. The molecule has 6 nitrogen and oxygen atoms in total. The van der Waals surface area contributed by atoms with Gasteiger partial charge in [-0.25, -0.2) is 4.57 Å². The van der Waals surface area contributed by atoms with E-state index in [9.17, 15) is 9.36 Å². The zero-order valence-corrected chi connectivity index (χ0v) is 7.68. The highest BCUT2D eigenvalue weighted by Gasteiger charge is 2.16. The smallest absolute Gasteiger partial charge is 0.385 e. The molecule has 1 unspecified atom stereocenters. The van der Waals surface area contributed by atoms with Crippen LogP contribution < -0.4 is 0 Å². The van der Waals surface area contributed by atoms with Crippen LogP contribution in [0.4, 0.5) is 0 Å². The maximum absolute atomic E-state index is 10.6. The third kappa shape index (κ3) is 6.62. The minimum atomic E-state index is -4.51. The first kappa shape index (κ1) is 12.5. The van der Waals surface area contributed by atoms with Crippen LogP contribution in [0.15, 0.2) is 12.7 Å². The van der Waals surface area contributed by atoms with Gasteiger partial charge in [0.05, 0.1) is 6.61 Å². The summed E-state index contributed by atoms with van der Waals surface area (Å²) in [6, 6.07) is 0. The van der Waals surface area contributed by atoms with Crippen LogP contribution in [0.2, 0.25) is 0 Å². The van der Waals surface area contributed by atoms with Crippen LogP contribution in [0.5, 0.6) is 0 Å². The van der Waals surface area contributed by atoms with E-state index in [1.54, 1.807) is 0 Å². The number of aliphatic hydroxyl groups excluding tert-OH is 1. The van der Waals surface area contributed by atoms with E-state index >= 15 is 0 Å². The molecule has 0 aromatic heterocycles. The van der Waals surface area contributed by atoms with Crippen molar-refractivity contribution in [3.8, 4) is 0 Å². The Balaban J connectivity index is 3.72. The molecule has 0 amide bonds. The van der Waals surface area contributed by atoms with E-state index in [0.717, 1.165) is 6.08 Å². The minimum Gasteiger partial charge on any atom is -0.385 e. The lowest BCUT2D eigenvalue weighted by atomic mass is 10.2. The van der Waals surface area contributed by atoms with Crippen molar-refractivity contribution in [2.75, 3.05) is 6.61 Å². The summed E-state index contributed by atoms with van der Waals surface area (Å²) in [7, 11) is -4.51. The molecule has 7 heteroatoms. The molecule has 1 atom stereocenters. The predicted octanol–water partition coefficient (Wildman–Crippen LogP) is -0.398. The van der Waals surface area contributed by atoms with Crippen LogP contribution in [0, 0.1) is 0 Å². The Hall–Kier alpha value is -0.520. The second-order valence-electron chi connectivity index (χ2n) is 2.23. The first-order valence-corrected chi connectivity index (χ1v) is 4.94. The molecule has 3 N–H and O–H groups in total. The lowest BCUT2D eigenvalue weighted by Crippen LogP contribution is -2.19. The minimum absolute atomic E-state index is 0.171. The summed E-state index contributed by atoms with van der Waals surface area (Å²) in [5, 5.41) is 8.96. The monoisotopic (exact) mass is 210 g/mol. The number of ketones is 1. The molecule has 0 radical (unpaired) electrons. The normalized spacial score (nSPS) is 13.8. The molecule has 0 bridgehead atoms. The van der Waals surface area contributed by atoms with Gasteiger partial charge in [-0.2, -0.15) is 0 Å². The molecule has 0 rings (SSSR count). The summed E-state index contributed by atoms with van der Waals surface area (Å²) < 4.78 is 14.2. The molecule has 0 aliphatic carbocycles. The number of phosphoric ester groups is 1. The van der Waals surface area contributed by atoms with E-state index in [4.69, 9.17) is 14.9 Å². The Kier molecular flexibility index (Phi) is 5.05. The van der Waals surface area contributed by atoms with E-state index in [1.165, 1.54) is 0 Å². The number of phosphoric acid groups is 1. The number of hydrogen-bond acceptors (Lipinski definition) is 4. The molecule has 0 aliphatic heterocycles. The quantitative estimate of drug-likeness (QED) is 0.407. The van der Waals surface area contributed by atoms with Crippen LogP contribution in [0.25, 0.3) is 0 Å². The van der Waals surface area contributed by atoms with Gasteiger partial charge in [0, 0.05) is 6.42 Å². The molecule has 76 valence electrons. The zero-order chi connectivity index (χ0) is 10.5. The average Bonchev–Trinajstić information content (AvgIpc) is 2.00. The van der Waals surface area contributed by atoms with Crippen molar-refractivity contribution in [3.05, 3.63) is 12.7 Å². The van der Waals surface area contributed by atoms with Crippen LogP contribution in [0.3, 0.4) is 0 Å². The largest absolute Gasteiger partial charge is 0.469 e. The fourth-order valence-electron chi connectivity index (χ4n) is 0.562. The molecule has 0 fully saturated rings. The first-order chi connectivity index (χ1) is 5.87. The summed E-state index contributed by atoms with van der Waals surface area (Å²) in [6.45, 7) is 2.75. The van der Waals surface area contributed by atoms with Gasteiger partial charge in [0.25, 0.3) is 0 Å². The van der Waals surface area contributed by atoms with Gasteiger partial charge in [-0.05, 0) is 6.08 Å². The third-order valence-corrected chi connectivity index (χ3v) is 1.70. The molecular formula is C6H11O6P. The Morgan fingerprint density at radius 2 is 2.15 bits per heavy atom. The van der Waals surface area contributed by atoms with Crippen molar-refractivity contribution in [3.63, 3.8) is 0 Å². The van der Waals surface area contributed by atoms with Gasteiger partial charge >= 0.3 is 7.82 Å². The number of carbonyl (C=O) groups excluding carboxylic acids is 1. The van der Waals surface area contributed by atoms with Gasteiger partial charge < -0.3 is 14.9 Å². The topological polar surface area (TPSA) is 104 Å². The van der Waals surface area contributed by atoms with E-state index in [1.807, 2.05) is 0 Å². The Labute approximate surface area is 75.1 Å². The standard InChI is InChI=1S/C6H11O6P/c1-2-5(7)6(8)3-4-12-13(9,10)11/h2,6,8H,1,3-4H2,(H2,9,10,11). The average molecular weight is 210 g/mol. The second kappa shape index (κ2) is 5.26. The van der Waals surface area contributed by atoms with Crippen LogP contribution in [0.1, 0.15) is 6.42 Å². The van der Waals surface area contributed by atoms with Gasteiger partial charge in [-0.1, -0.05) is 6.58 Å². The van der Waals surface area contributed by atoms with Crippen molar-refractivity contribution >= 4 is 13.6 Å².